The van der Waals surface area contributed by atoms with Gasteiger partial charge in [-0.2, -0.15) is 0 Å². The minimum Gasteiger partial charge on any atom is -0.460 e. The third kappa shape index (κ3) is 7.24. The number of ether oxygens (including phenoxy) is 1. The molecule has 74 valence electrons. The number of carbonyl (C=O) groups is 1. The van der Waals surface area contributed by atoms with Gasteiger partial charge in [0, 0.05) is 6.08 Å². The first-order chi connectivity index (χ1) is 6.20. The lowest BCUT2D eigenvalue weighted by Gasteiger charge is -2.05. The average Bonchev–Trinajstić information content (AvgIpc) is 2.14. The fraction of sp³-hybridized carbons (Fsp3) is 0.444. The van der Waals surface area contributed by atoms with E-state index in [-0.39, 0.29) is 6.61 Å². The first-order valence-corrected chi connectivity index (χ1v) is 3.95. The molecule has 0 saturated heterocycles. The summed E-state index contributed by atoms with van der Waals surface area (Å²) in [5.74, 6) is -0.536. The maximum Gasteiger partial charge on any atom is 0.330 e. The second kappa shape index (κ2) is 7.52. The van der Waals surface area contributed by atoms with Gasteiger partial charge >= 0.3 is 5.97 Å². The first kappa shape index (κ1) is 11.9. The van der Waals surface area contributed by atoms with Crippen LogP contribution < -0.4 is 0 Å². The van der Waals surface area contributed by atoms with Gasteiger partial charge < -0.3 is 14.9 Å². The van der Waals surface area contributed by atoms with Gasteiger partial charge in [0.05, 0.1) is 6.61 Å². The predicted molar refractivity (Wildman–Crippen MR) is 48.0 cm³/mol. The summed E-state index contributed by atoms with van der Waals surface area (Å²) in [6, 6.07) is 0. The Balaban J connectivity index is 3.63. The molecule has 4 nitrogen and oxygen atoms in total. The second-order valence-corrected chi connectivity index (χ2v) is 2.35. The standard InChI is InChI=1S/C9H14O4/c1-2-3-4-5-9(12)13-7-8(11)6-10/h2-5,8,10-11H,6-7H2,1H3/b3-2+,5-4+. The summed E-state index contributed by atoms with van der Waals surface area (Å²) >= 11 is 0. The molecule has 1 unspecified atom stereocenters. The van der Waals surface area contributed by atoms with Gasteiger partial charge in [0.1, 0.15) is 12.7 Å². The lowest BCUT2D eigenvalue weighted by molar-refractivity contribution is -0.141. The summed E-state index contributed by atoms with van der Waals surface area (Å²) in [4.78, 5) is 10.8. The zero-order valence-electron chi connectivity index (χ0n) is 7.51. The fourth-order valence-electron chi connectivity index (χ4n) is 0.524. The average molecular weight is 186 g/mol. The van der Waals surface area contributed by atoms with E-state index in [0.29, 0.717) is 0 Å². The Morgan fingerprint density at radius 1 is 1.54 bits per heavy atom. The normalized spacial score (nSPS) is 13.8. The van der Waals surface area contributed by atoms with Gasteiger partial charge in [0.2, 0.25) is 0 Å². The summed E-state index contributed by atoms with van der Waals surface area (Å²) in [5.41, 5.74) is 0. The van der Waals surface area contributed by atoms with E-state index in [1.165, 1.54) is 12.2 Å². The molecule has 1 atom stereocenters. The molecule has 0 aliphatic carbocycles. The number of allylic oxidation sites excluding steroid dienone is 3. The Morgan fingerprint density at radius 3 is 2.77 bits per heavy atom. The Kier molecular flexibility index (Phi) is 6.86. The molecule has 0 bridgehead atoms. The molecule has 0 spiro atoms. The number of hydrogen-bond acceptors (Lipinski definition) is 4. The molecule has 0 amide bonds. The summed E-state index contributed by atoms with van der Waals surface area (Å²) in [5, 5.41) is 17.2. The molecular weight excluding hydrogens is 172 g/mol. The van der Waals surface area contributed by atoms with Crippen molar-refractivity contribution in [2.75, 3.05) is 13.2 Å². The highest BCUT2D eigenvalue weighted by atomic mass is 16.5. The number of hydrogen-bond donors (Lipinski definition) is 2. The van der Waals surface area contributed by atoms with Crippen molar-refractivity contribution in [2.24, 2.45) is 0 Å². The molecule has 0 saturated carbocycles. The lowest BCUT2D eigenvalue weighted by atomic mass is 10.4. The number of carbonyl (C=O) groups excluding carboxylic acids is 1. The summed E-state index contributed by atoms with van der Waals surface area (Å²) in [6.45, 7) is 1.23. The van der Waals surface area contributed by atoms with Crippen LogP contribution in [-0.2, 0) is 9.53 Å². The van der Waals surface area contributed by atoms with E-state index >= 15 is 0 Å². The Bertz CT molecular complexity index is 196. The van der Waals surface area contributed by atoms with Crippen molar-refractivity contribution in [2.45, 2.75) is 13.0 Å². The lowest BCUT2D eigenvalue weighted by Crippen LogP contribution is -2.21. The van der Waals surface area contributed by atoms with Gasteiger partial charge in [0.25, 0.3) is 0 Å². The fourth-order valence-corrected chi connectivity index (χ4v) is 0.524. The topological polar surface area (TPSA) is 66.8 Å². The van der Waals surface area contributed by atoms with Crippen LogP contribution in [-0.4, -0.2) is 35.5 Å². The van der Waals surface area contributed by atoms with E-state index in [0.717, 1.165) is 0 Å². The summed E-state index contributed by atoms with van der Waals surface area (Å²) in [6.07, 6.45) is 5.23. The van der Waals surface area contributed by atoms with Crippen molar-refractivity contribution in [1.29, 1.82) is 0 Å². The minimum absolute atomic E-state index is 0.185. The number of esters is 1. The molecule has 4 heteroatoms. The molecule has 13 heavy (non-hydrogen) atoms. The monoisotopic (exact) mass is 186 g/mol. The van der Waals surface area contributed by atoms with Crippen molar-refractivity contribution < 1.29 is 19.7 Å². The molecule has 2 N–H and O–H groups in total. The molecule has 0 aliphatic heterocycles. The maximum atomic E-state index is 10.8. The van der Waals surface area contributed by atoms with Crippen LogP contribution >= 0.6 is 0 Å². The molecule has 0 aromatic carbocycles. The zero-order valence-corrected chi connectivity index (χ0v) is 7.51. The SMILES string of the molecule is C/C=C/C=C/C(=O)OCC(O)CO. The van der Waals surface area contributed by atoms with E-state index < -0.39 is 18.7 Å². The Labute approximate surface area is 77.1 Å². The van der Waals surface area contributed by atoms with Crippen LogP contribution in [0.2, 0.25) is 0 Å². The summed E-state index contributed by atoms with van der Waals surface area (Å²) < 4.78 is 4.57. The van der Waals surface area contributed by atoms with Crippen molar-refractivity contribution in [1.82, 2.24) is 0 Å². The van der Waals surface area contributed by atoms with Crippen LogP contribution in [0.1, 0.15) is 6.92 Å². The largest absolute Gasteiger partial charge is 0.460 e. The predicted octanol–water partition coefficient (Wildman–Crippen LogP) is 0.0151. The van der Waals surface area contributed by atoms with E-state index in [4.69, 9.17) is 10.2 Å². The smallest absolute Gasteiger partial charge is 0.330 e. The Morgan fingerprint density at radius 2 is 2.23 bits per heavy atom. The van der Waals surface area contributed by atoms with Crippen molar-refractivity contribution >= 4 is 5.97 Å². The van der Waals surface area contributed by atoms with E-state index in [9.17, 15) is 4.79 Å². The van der Waals surface area contributed by atoms with E-state index in [2.05, 4.69) is 4.74 Å². The molecule has 0 heterocycles. The van der Waals surface area contributed by atoms with Crippen LogP contribution in [0.4, 0.5) is 0 Å². The van der Waals surface area contributed by atoms with E-state index in [1.54, 1.807) is 12.2 Å². The van der Waals surface area contributed by atoms with Gasteiger partial charge in [-0.05, 0) is 6.92 Å². The van der Waals surface area contributed by atoms with E-state index in [1.807, 2.05) is 6.92 Å². The molecule has 0 fully saturated rings. The second-order valence-electron chi connectivity index (χ2n) is 2.35. The highest BCUT2D eigenvalue weighted by Crippen LogP contribution is 1.87. The highest BCUT2D eigenvalue weighted by Gasteiger charge is 2.03. The quantitative estimate of drug-likeness (QED) is 0.361. The zero-order chi connectivity index (χ0) is 10.1. The van der Waals surface area contributed by atoms with Crippen LogP contribution in [0.15, 0.2) is 24.3 Å². The molecule has 0 aromatic rings. The third-order valence-electron chi connectivity index (χ3n) is 1.16. The number of aliphatic hydroxyl groups is 2. The number of rotatable bonds is 5. The molecule has 0 aromatic heterocycles. The summed E-state index contributed by atoms with van der Waals surface area (Å²) in [7, 11) is 0. The van der Waals surface area contributed by atoms with Crippen LogP contribution in [0.25, 0.3) is 0 Å². The van der Waals surface area contributed by atoms with Crippen molar-refractivity contribution in [3.8, 4) is 0 Å². The maximum absolute atomic E-state index is 10.8. The molecule has 0 rings (SSSR count). The highest BCUT2D eigenvalue weighted by molar-refractivity contribution is 5.82. The van der Waals surface area contributed by atoms with Gasteiger partial charge in [-0.15, -0.1) is 0 Å². The number of aliphatic hydroxyl groups excluding tert-OH is 2. The van der Waals surface area contributed by atoms with Crippen LogP contribution in [0.5, 0.6) is 0 Å². The molecular formula is C9H14O4. The van der Waals surface area contributed by atoms with Crippen LogP contribution in [0.3, 0.4) is 0 Å². The first-order valence-electron chi connectivity index (χ1n) is 3.95. The molecule has 0 radical (unpaired) electrons. The van der Waals surface area contributed by atoms with Gasteiger partial charge in [-0.1, -0.05) is 18.2 Å². The van der Waals surface area contributed by atoms with Gasteiger partial charge in [0.15, 0.2) is 0 Å². The Hall–Kier alpha value is -1.13. The van der Waals surface area contributed by atoms with Crippen LogP contribution in [0, 0.1) is 0 Å². The van der Waals surface area contributed by atoms with Crippen molar-refractivity contribution in [3.05, 3.63) is 24.3 Å². The van der Waals surface area contributed by atoms with Gasteiger partial charge in [-0.25, -0.2) is 4.79 Å². The minimum atomic E-state index is -1.00. The van der Waals surface area contributed by atoms with Crippen molar-refractivity contribution in [3.63, 3.8) is 0 Å². The molecule has 0 aliphatic rings. The third-order valence-corrected chi connectivity index (χ3v) is 1.16. The van der Waals surface area contributed by atoms with Gasteiger partial charge in [-0.3, -0.25) is 0 Å².